The van der Waals surface area contributed by atoms with Crippen LogP contribution in [0.4, 0.5) is 0 Å². The Labute approximate surface area is 79.5 Å². The van der Waals surface area contributed by atoms with Gasteiger partial charge in [-0.1, -0.05) is 0 Å². The highest BCUT2D eigenvalue weighted by Gasteiger charge is 2.19. The van der Waals surface area contributed by atoms with Gasteiger partial charge in [-0.2, -0.15) is 10.2 Å². The lowest BCUT2D eigenvalue weighted by molar-refractivity contribution is 0.539. The van der Waals surface area contributed by atoms with Crippen LogP contribution in [0, 0.1) is 0 Å². The van der Waals surface area contributed by atoms with Gasteiger partial charge in [-0.15, -0.1) is 0 Å². The van der Waals surface area contributed by atoms with Gasteiger partial charge in [0, 0.05) is 7.05 Å². The molecule has 14 heavy (non-hydrogen) atoms. The molecule has 0 fully saturated rings. The number of aromatic nitrogens is 6. The lowest BCUT2D eigenvalue weighted by Crippen LogP contribution is -2.31. The van der Waals surface area contributed by atoms with Crippen LogP contribution in [-0.2, 0) is 7.05 Å². The minimum absolute atomic E-state index is 0.329. The van der Waals surface area contributed by atoms with Crippen molar-refractivity contribution >= 4 is 0 Å². The fourth-order valence-electron chi connectivity index (χ4n) is 1.20. The van der Waals surface area contributed by atoms with Crippen molar-refractivity contribution < 1.29 is 0 Å². The zero-order valence-electron chi connectivity index (χ0n) is 7.55. The summed E-state index contributed by atoms with van der Waals surface area (Å²) in [5.74, 6) is 6.68. The Balaban J connectivity index is 2.36. The zero-order chi connectivity index (χ0) is 9.97. The molecule has 1 atom stereocenters. The lowest BCUT2D eigenvalue weighted by Gasteiger charge is -2.10. The molecule has 0 radical (unpaired) electrons. The average molecular weight is 194 g/mol. The number of nitrogens with two attached hydrogens (primary N) is 1. The minimum atomic E-state index is -0.329. The van der Waals surface area contributed by atoms with Crippen LogP contribution in [0.1, 0.15) is 17.7 Å². The Morgan fingerprint density at radius 1 is 1.50 bits per heavy atom. The van der Waals surface area contributed by atoms with E-state index in [9.17, 15) is 0 Å². The molecule has 4 N–H and O–H groups in total. The Morgan fingerprint density at radius 2 is 2.36 bits per heavy atom. The standard InChI is InChI=1S/C6H10N8/c1-14-6(9-3-11-14)4(12-7)5-8-2-10-13-5/h2-4,12H,7H2,1H3,(H,8,10,13). The van der Waals surface area contributed by atoms with Crippen molar-refractivity contribution in [1.29, 1.82) is 0 Å². The minimum Gasteiger partial charge on any atom is -0.270 e. The monoisotopic (exact) mass is 194 g/mol. The molecule has 0 aliphatic rings. The summed E-state index contributed by atoms with van der Waals surface area (Å²) in [6.45, 7) is 0. The first-order valence-electron chi connectivity index (χ1n) is 3.98. The van der Waals surface area contributed by atoms with Crippen molar-refractivity contribution in [1.82, 2.24) is 35.4 Å². The Hall–Kier alpha value is -1.80. The number of hydrogen-bond donors (Lipinski definition) is 3. The van der Waals surface area contributed by atoms with Crippen molar-refractivity contribution in [3.8, 4) is 0 Å². The second-order valence-electron chi connectivity index (χ2n) is 2.71. The maximum absolute atomic E-state index is 5.41. The van der Waals surface area contributed by atoms with Crippen LogP contribution >= 0.6 is 0 Å². The highest BCUT2D eigenvalue weighted by atomic mass is 15.4. The molecule has 74 valence electrons. The van der Waals surface area contributed by atoms with Gasteiger partial charge in [-0.25, -0.2) is 15.4 Å². The van der Waals surface area contributed by atoms with E-state index in [0.717, 1.165) is 0 Å². The highest BCUT2D eigenvalue weighted by molar-refractivity contribution is 5.07. The van der Waals surface area contributed by atoms with E-state index in [1.54, 1.807) is 11.7 Å². The van der Waals surface area contributed by atoms with E-state index in [-0.39, 0.29) is 6.04 Å². The zero-order valence-corrected chi connectivity index (χ0v) is 7.55. The topological polar surface area (TPSA) is 110 Å². The molecule has 0 aliphatic heterocycles. The lowest BCUT2D eigenvalue weighted by atomic mass is 10.3. The van der Waals surface area contributed by atoms with E-state index < -0.39 is 0 Å². The van der Waals surface area contributed by atoms with Crippen LogP contribution in [0.25, 0.3) is 0 Å². The third-order valence-corrected chi connectivity index (χ3v) is 1.88. The van der Waals surface area contributed by atoms with Crippen LogP contribution in [0.3, 0.4) is 0 Å². The second-order valence-corrected chi connectivity index (χ2v) is 2.71. The van der Waals surface area contributed by atoms with Crippen molar-refractivity contribution in [3.63, 3.8) is 0 Å². The third kappa shape index (κ3) is 1.36. The summed E-state index contributed by atoms with van der Waals surface area (Å²) in [4.78, 5) is 8.06. The maximum atomic E-state index is 5.41. The molecule has 2 rings (SSSR count). The molecule has 8 nitrogen and oxygen atoms in total. The Bertz CT molecular complexity index is 390. The van der Waals surface area contributed by atoms with Gasteiger partial charge >= 0.3 is 0 Å². The number of rotatable bonds is 3. The van der Waals surface area contributed by atoms with E-state index >= 15 is 0 Å². The first-order valence-corrected chi connectivity index (χ1v) is 3.98. The first kappa shape index (κ1) is 8.78. The molecule has 0 bridgehead atoms. The van der Waals surface area contributed by atoms with Crippen LogP contribution in [0.15, 0.2) is 12.7 Å². The van der Waals surface area contributed by atoms with Gasteiger partial charge in [0.15, 0.2) is 11.6 Å². The molecule has 0 spiro atoms. The number of nitrogens with one attached hydrogen (secondary N) is 2. The van der Waals surface area contributed by atoms with Crippen LogP contribution in [0.2, 0.25) is 0 Å². The van der Waals surface area contributed by atoms with Crippen molar-refractivity contribution in [2.24, 2.45) is 12.9 Å². The van der Waals surface area contributed by atoms with Gasteiger partial charge in [-0.3, -0.25) is 15.6 Å². The predicted molar refractivity (Wildman–Crippen MR) is 46.6 cm³/mol. The molecular formula is C6H10N8. The summed E-state index contributed by atoms with van der Waals surface area (Å²) >= 11 is 0. The maximum Gasteiger partial charge on any atom is 0.152 e. The Kier molecular flexibility index (Phi) is 2.21. The first-order chi connectivity index (χ1) is 6.83. The van der Waals surface area contributed by atoms with E-state index in [2.05, 4.69) is 30.7 Å². The van der Waals surface area contributed by atoms with Crippen molar-refractivity contribution in [2.75, 3.05) is 0 Å². The molecule has 2 aromatic heterocycles. The molecule has 0 aliphatic carbocycles. The van der Waals surface area contributed by atoms with Gasteiger partial charge in [0.25, 0.3) is 0 Å². The summed E-state index contributed by atoms with van der Waals surface area (Å²) in [6, 6.07) is -0.329. The summed E-state index contributed by atoms with van der Waals surface area (Å²) in [6.07, 6.45) is 2.87. The fraction of sp³-hybridized carbons (Fsp3) is 0.333. The summed E-state index contributed by atoms with van der Waals surface area (Å²) in [5.41, 5.74) is 2.59. The average Bonchev–Trinajstić information content (AvgIpc) is 2.80. The SMILES string of the molecule is Cn1ncnc1C(NN)c1ncn[nH]1. The van der Waals surface area contributed by atoms with Crippen molar-refractivity contribution in [2.45, 2.75) is 6.04 Å². The van der Waals surface area contributed by atoms with E-state index in [0.29, 0.717) is 11.6 Å². The molecule has 0 amide bonds. The van der Waals surface area contributed by atoms with Gasteiger partial charge in [0.05, 0.1) is 0 Å². The molecule has 2 heterocycles. The highest BCUT2D eigenvalue weighted by Crippen LogP contribution is 2.12. The largest absolute Gasteiger partial charge is 0.270 e. The van der Waals surface area contributed by atoms with Gasteiger partial charge in [0.2, 0.25) is 0 Å². The number of nitrogens with zero attached hydrogens (tertiary/aromatic N) is 5. The van der Waals surface area contributed by atoms with E-state index in [1.807, 2.05) is 0 Å². The summed E-state index contributed by atoms with van der Waals surface area (Å²) in [7, 11) is 1.78. The number of hydrogen-bond acceptors (Lipinski definition) is 6. The van der Waals surface area contributed by atoms with Crippen LogP contribution in [0.5, 0.6) is 0 Å². The molecule has 1 unspecified atom stereocenters. The van der Waals surface area contributed by atoms with Crippen molar-refractivity contribution in [3.05, 3.63) is 24.3 Å². The summed E-state index contributed by atoms with van der Waals surface area (Å²) < 4.78 is 1.62. The molecule has 8 heteroatoms. The molecule has 2 aromatic rings. The smallest absolute Gasteiger partial charge is 0.152 e. The van der Waals surface area contributed by atoms with Crippen LogP contribution < -0.4 is 11.3 Å². The Morgan fingerprint density at radius 3 is 2.86 bits per heavy atom. The number of aryl methyl sites for hydroxylation is 1. The van der Waals surface area contributed by atoms with E-state index in [4.69, 9.17) is 5.84 Å². The van der Waals surface area contributed by atoms with Gasteiger partial charge in [-0.05, 0) is 0 Å². The molecule has 0 aromatic carbocycles. The second kappa shape index (κ2) is 3.52. The summed E-state index contributed by atoms with van der Waals surface area (Å²) in [5, 5.41) is 10.4. The number of hydrazine groups is 1. The number of aromatic amines is 1. The molecule has 0 saturated carbocycles. The fourth-order valence-corrected chi connectivity index (χ4v) is 1.20. The quantitative estimate of drug-likeness (QED) is 0.404. The normalized spacial score (nSPS) is 13.0. The third-order valence-electron chi connectivity index (χ3n) is 1.88. The molecular weight excluding hydrogens is 184 g/mol. The van der Waals surface area contributed by atoms with Gasteiger partial charge in [0.1, 0.15) is 18.7 Å². The van der Waals surface area contributed by atoms with E-state index in [1.165, 1.54) is 12.7 Å². The van der Waals surface area contributed by atoms with Crippen LogP contribution in [-0.4, -0.2) is 29.9 Å². The number of H-pyrrole nitrogens is 1. The molecule has 0 saturated heterocycles. The van der Waals surface area contributed by atoms with Gasteiger partial charge < -0.3 is 0 Å². The predicted octanol–water partition coefficient (Wildman–Crippen LogP) is -1.51.